The highest BCUT2D eigenvalue weighted by molar-refractivity contribution is 7.14. The van der Waals surface area contributed by atoms with Crippen LogP contribution in [0.3, 0.4) is 0 Å². The molecule has 9 heteroatoms. The van der Waals surface area contributed by atoms with Gasteiger partial charge in [-0.2, -0.15) is 5.10 Å². The van der Waals surface area contributed by atoms with Gasteiger partial charge in [0.25, 0.3) is 11.5 Å². The van der Waals surface area contributed by atoms with Crippen LogP contribution < -0.4 is 10.9 Å². The number of anilines is 1. The Hall–Kier alpha value is -3.07. The maximum Gasteiger partial charge on any atom is 0.311 e. The zero-order valence-corrected chi connectivity index (χ0v) is 15.0. The van der Waals surface area contributed by atoms with Crippen molar-refractivity contribution in [2.24, 2.45) is 7.05 Å². The number of esters is 1. The minimum Gasteiger partial charge on any atom is -0.466 e. The average molecular weight is 372 g/mol. The average Bonchev–Trinajstić information content (AvgIpc) is 3.05. The predicted octanol–water partition coefficient (Wildman–Crippen LogP) is 1.75. The van der Waals surface area contributed by atoms with Crippen molar-refractivity contribution in [2.45, 2.75) is 13.3 Å². The molecule has 0 aliphatic heterocycles. The van der Waals surface area contributed by atoms with Gasteiger partial charge in [-0.05, 0) is 13.0 Å². The molecular formula is C17H16N4O4S. The summed E-state index contributed by atoms with van der Waals surface area (Å²) in [7, 11) is 1.49. The van der Waals surface area contributed by atoms with Crippen LogP contribution in [0.25, 0.3) is 10.8 Å². The van der Waals surface area contributed by atoms with Crippen LogP contribution in [0.2, 0.25) is 0 Å². The first kappa shape index (κ1) is 17.7. The lowest BCUT2D eigenvalue weighted by Crippen LogP contribution is -2.25. The second-order valence-electron chi connectivity index (χ2n) is 5.40. The van der Waals surface area contributed by atoms with E-state index < -0.39 is 5.91 Å². The predicted molar refractivity (Wildman–Crippen MR) is 97.4 cm³/mol. The van der Waals surface area contributed by atoms with Crippen molar-refractivity contribution in [1.29, 1.82) is 0 Å². The molecule has 2 aromatic heterocycles. The van der Waals surface area contributed by atoms with Gasteiger partial charge >= 0.3 is 5.97 Å². The van der Waals surface area contributed by atoms with E-state index in [9.17, 15) is 14.4 Å². The van der Waals surface area contributed by atoms with Crippen molar-refractivity contribution < 1.29 is 14.3 Å². The number of thiazole rings is 1. The molecule has 3 aromatic rings. The van der Waals surface area contributed by atoms with Crippen molar-refractivity contribution in [3.63, 3.8) is 0 Å². The fourth-order valence-electron chi connectivity index (χ4n) is 2.43. The van der Waals surface area contributed by atoms with Crippen molar-refractivity contribution in [2.75, 3.05) is 11.9 Å². The van der Waals surface area contributed by atoms with Gasteiger partial charge in [0.15, 0.2) is 10.8 Å². The highest BCUT2D eigenvalue weighted by atomic mass is 32.1. The Morgan fingerprint density at radius 2 is 2.00 bits per heavy atom. The van der Waals surface area contributed by atoms with Crippen LogP contribution in [0.1, 0.15) is 23.1 Å². The first-order chi connectivity index (χ1) is 12.5. The number of aryl methyl sites for hydroxylation is 1. The Kier molecular flexibility index (Phi) is 5.08. The molecule has 0 bridgehead atoms. The summed E-state index contributed by atoms with van der Waals surface area (Å²) in [4.78, 5) is 40.4. The van der Waals surface area contributed by atoms with Gasteiger partial charge in [-0.15, -0.1) is 11.3 Å². The summed E-state index contributed by atoms with van der Waals surface area (Å²) >= 11 is 1.20. The quantitative estimate of drug-likeness (QED) is 0.685. The number of benzene rings is 1. The van der Waals surface area contributed by atoms with Gasteiger partial charge in [-0.3, -0.25) is 19.7 Å². The van der Waals surface area contributed by atoms with E-state index in [0.29, 0.717) is 28.2 Å². The molecule has 26 heavy (non-hydrogen) atoms. The summed E-state index contributed by atoms with van der Waals surface area (Å²) in [5.41, 5.74) is 0.370. The fraction of sp³-hybridized carbons (Fsp3) is 0.235. The van der Waals surface area contributed by atoms with Gasteiger partial charge < -0.3 is 4.74 Å². The normalized spacial score (nSPS) is 10.7. The third-order valence-corrected chi connectivity index (χ3v) is 4.38. The van der Waals surface area contributed by atoms with E-state index in [0.717, 1.165) is 4.68 Å². The summed E-state index contributed by atoms with van der Waals surface area (Å²) < 4.78 is 6.00. The monoisotopic (exact) mass is 372 g/mol. The van der Waals surface area contributed by atoms with Crippen LogP contribution in [0, 0.1) is 0 Å². The van der Waals surface area contributed by atoms with Gasteiger partial charge in [-0.25, -0.2) is 9.67 Å². The largest absolute Gasteiger partial charge is 0.466 e. The first-order valence-electron chi connectivity index (χ1n) is 7.87. The highest BCUT2D eigenvalue weighted by Crippen LogP contribution is 2.19. The third-order valence-electron chi connectivity index (χ3n) is 3.57. The zero-order chi connectivity index (χ0) is 18.7. The number of aromatic nitrogens is 3. The van der Waals surface area contributed by atoms with E-state index in [1.807, 2.05) is 0 Å². The van der Waals surface area contributed by atoms with E-state index in [2.05, 4.69) is 15.4 Å². The molecule has 0 aliphatic rings. The topological polar surface area (TPSA) is 103 Å². The number of hydrogen-bond donors (Lipinski definition) is 1. The Morgan fingerprint density at radius 3 is 2.73 bits per heavy atom. The molecule has 0 saturated carbocycles. The maximum absolute atomic E-state index is 12.6. The molecule has 0 fully saturated rings. The lowest BCUT2D eigenvalue weighted by molar-refractivity contribution is -0.142. The lowest BCUT2D eigenvalue weighted by Gasteiger charge is -2.07. The van der Waals surface area contributed by atoms with Gasteiger partial charge in [0, 0.05) is 17.8 Å². The van der Waals surface area contributed by atoms with Crippen LogP contribution in [-0.4, -0.2) is 33.2 Å². The molecule has 0 aliphatic carbocycles. The zero-order valence-electron chi connectivity index (χ0n) is 14.2. The number of amides is 1. The molecule has 1 amide bonds. The summed E-state index contributed by atoms with van der Waals surface area (Å²) in [6.07, 6.45) is 0.0429. The SMILES string of the molecule is CCOC(=O)Cc1csc(NC(=O)c2nn(C)c(=O)c3ccccc23)n1. The van der Waals surface area contributed by atoms with Crippen molar-refractivity contribution in [1.82, 2.24) is 14.8 Å². The van der Waals surface area contributed by atoms with Crippen molar-refractivity contribution in [3.8, 4) is 0 Å². The summed E-state index contributed by atoms with van der Waals surface area (Å²) in [5, 5.41) is 9.64. The molecule has 134 valence electrons. The van der Waals surface area contributed by atoms with Crippen LogP contribution in [0.5, 0.6) is 0 Å². The molecule has 0 radical (unpaired) electrons. The molecule has 1 aromatic carbocycles. The lowest BCUT2D eigenvalue weighted by atomic mass is 10.1. The number of carbonyl (C=O) groups excluding carboxylic acids is 2. The van der Waals surface area contributed by atoms with Crippen LogP contribution >= 0.6 is 11.3 Å². The van der Waals surface area contributed by atoms with Gasteiger partial charge in [-0.1, -0.05) is 18.2 Å². The number of hydrogen-bond acceptors (Lipinski definition) is 7. The molecule has 3 rings (SSSR count). The number of ether oxygens (including phenoxy) is 1. The molecule has 0 spiro atoms. The number of nitrogens with zero attached hydrogens (tertiary/aromatic N) is 3. The Bertz CT molecular complexity index is 1040. The second kappa shape index (κ2) is 7.44. The van der Waals surface area contributed by atoms with Crippen molar-refractivity contribution >= 4 is 39.1 Å². The molecule has 0 saturated heterocycles. The molecule has 0 atom stereocenters. The summed E-state index contributed by atoms with van der Waals surface area (Å²) in [6.45, 7) is 2.03. The van der Waals surface area contributed by atoms with Gasteiger partial charge in [0.2, 0.25) is 0 Å². The molecule has 1 N–H and O–H groups in total. The molecule has 8 nitrogen and oxygen atoms in total. The van der Waals surface area contributed by atoms with Crippen LogP contribution in [0.15, 0.2) is 34.4 Å². The van der Waals surface area contributed by atoms with Crippen LogP contribution in [-0.2, 0) is 23.0 Å². The van der Waals surface area contributed by atoms with Gasteiger partial charge in [0.05, 0.1) is 24.1 Å². The fourth-order valence-corrected chi connectivity index (χ4v) is 3.13. The Morgan fingerprint density at radius 1 is 1.27 bits per heavy atom. The minimum absolute atomic E-state index is 0.0429. The summed E-state index contributed by atoms with van der Waals surface area (Å²) in [6, 6.07) is 6.79. The number of nitrogens with one attached hydrogen (secondary N) is 1. The van der Waals surface area contributed by atoms with Gasteiger partial charge in [0.1, 0.15) is 0 Å². The molecule has 2 heterocycles. The smallest absolute Gasteiger partial charge is 0.311 e. The molecule has 0 unspecified atom stereocenters. The second-order valence-corrected chi connectivity index (χ2v) is 6.26. The number of rotatable bonds is 5. The summed E-state index contributed by atoms with van der Waals surface area (Å²) in [5.74, 6) is -0.852. The van der Waals surface area contributed by atoms with E-state index in [4.69, 9.17) is 4.74 Å². The standard InChI is InChI=1S/C17H16N4O4S/c1-3-25-13(22)8-10-9-26-17(18-10)19-15(23)14-11-6-4-5-7-12(11)16(24)21(2)20-14/h4-7,9H,3,8H2,1-2H3,(H,18,19,23). The first-order valence-corrected chi connectivity index (χ1v) is 8.75. The van der Waals surface area contributed by atoms with E-state index in [-0.39, 0.29) is 23.6 Å². The van der Waals surface area contributed by atoms with Crippen LogP contribution in [0.4, 0.5) is 5.13 Å². The van der Waals surface area contributed by atoms with E-state index in [1.165, 1.54) is 18.4 Å². The third kappa shape index (κ3) is 3.62. The Labute approximate surface area is 152 Å². The van der Waals surface area contributed by atoms with E-state index in [1.54, 1.807) is 36.6 Å². The van der Waals surface area contributed by atoms with Crippen molar-refractivity contribution in [3.05, 3.63) is 51.4 Å². The number of carbonyl (C=O) groups is 2. The Balaban J connectivity index is 1.84. The number of fused-ring (bicyclic) bond motifs is 1. The molecular weight excluding hydrogens is 356 g/mol. The highest BCUT2D eigenvalue weighted by Gasteiger charge is 2.17. The van der Waals surface area contributed by atoms with E-state index >= 15 is 0 Å². The maximum atomic E-state index is 12.6. The minimum atomic E-state index is -0.478.